The summed E-state index contributed by atoms with van der Waals surface area (Å²) in [6.45, 7) is 0.178. The summed E-state index contributed by atoms with van der Waals surface area (Å²) in [6, 6.07) is 20.2. The molecule has 27 heavy (non-hydrogen) atoms. The molecule has 3 rings (SSSR count). The Morgan fingerprint density at radius 3 is 2.44 bits per heavy atom. The van der Waals surface area contributed by atoms with Crippen LogP contribution in [0, 0.1) is 5.82 Å². The van der Waals surface area contributed by atoms with Gasteiger partial charge in [0, 0.05) is 22.3 Å². The second kappa shape index (κ2) is 8.60. The summed E-state index contributed by atoms with van der Waals surface area (Å²) in [6.07, 6.45) is 0. The molecule has 4 nitrogen and oxygen atoms in total. The van der Waals surface area contributed by atoms with Crippen LogP contribution in [0.3, 0.4) is 0 Å². The predicted molar refractivity (Wildman–Crippen MR) is 106 cm³/mol. The summed E-state index contributed by atoms with van der Waals surface area (Å²) in [5, 5.41) is 5.48. The van der Waals surface area contributed by atoms with Crippen molar-refractivity contribution in [2.45, 2.75) is 6.54 Å². The monoisotopic (exact) mass is 426 g/mol. The van der Waals surface area contributed by atoms with Crippen molar-refractivity contribution in [3.8, 4) is 0 Å². The molecule has 3 aromatic rings. The van der Waals surface area contributed by atoms with Crippen LogP contribution >= 0.6 is 15.9 Å². The highest BCUT2D eigenvalue weighted by atomic mass is 79.9. The molecule has 2 N–H and O–H groups in total. The van der Waals surface area contributed by atoms with Crippen molar-refractivity contribution >= 4 is 33.4 Å². The molecule has 3 aromatic carbocycles. The Labute approximate surface area is 164 Å². The van der Waals surface area contributed by atoms with Crippen molar-refractivity contribution in [3.05, 3.63) is 99.8 Å². The minimum absolute atomic E-state index is 0.0395. The van der Waals surface area contributed by atoms with Gasteiger partial charge in [0.25, 0.3) is 11.8 Å². The van der Waals surface area contributed by atoms with Crippen molar-refractivity contribution in [1.29, 1.82) is 0 Å². The zero-order chi connectivity index (χ0) is 19.2. The van der Waals surface area contributed by atoms with E-state index >= 15 is 0 Å². The number of anilines is 1. The molecule has 0 radical (unpaired) electrons. The highest BCUT2D eigenvalue weighted by molar-refractivity contribution is 9.10. The van der Waals surface area contributed by atoms with E-state index in [0.717, 1.165) is 5.56 Å². The van der Waals surface area contributed by atoms with Gasteiger partial charge in [0.1, 0.15) is 5.82 Å². The standard InChI is InChI=1S/C21H16BrFN2O2/c22-16-9-10-19(23)18(12-16)21(27)24-13-14-5-4-6-15(11-14)20(26)25-17-7-2-1-3-8-17/h1-12H,13H2,(H,24,27)(H,25,26). The van der Waals surface area contributed by atoms with Gasteiger partial charge in [-0.25, -0.2) is 4.39 Å². The lowest BCUT2D eigenvalue weighted by atomic mass is 10.1. The Morgan fingerprint density at radius 1 is 0.889 bits per heavy atom. The first-order chi connectivity index (χ1) is 13.0. The number of benzene rings is 3. The number of amides is 2. The van der Waals surface area contributed by atoms with Gasteiger partial charge in [-0.1, -0.05) is 46.3 Å². The Morgan fingerprint density at radius 2 is 1.67 bits per heavy atom. The molecule has 0 bridgehead atoms. The molecule has 0 atom stereocenters. The molecular formula is C21H16BrFN2O2. The normalized spacial score (nSPS) is 10.3. The van der Waals surface area contributed by atoms with Gasteiger partial charge in [-0.3, -0.25) is 9.59 Å². The van der Waals surface area contributed by atoms with E-state index in [4.69, 9.17) is 0 Å². The van der Waals surface area contributed by atoms with Crippen molar-refractivity contribution in [2.24, 2.45) is 0 Å². The lowest BCUT2D eigenvalue weighted by Crippen LogP contribution is -2.24. The van der Waals surface area contributed by atoms with Crippen LogP contribution < -0.4 is 10.6 Å². The molecular weight excluding hydrogens is 411 g/mol. The highest BCUT2D eigenvalue weighted by Crippen LogP contribution is 2.16. The number of para-hydroxylation sites is 1. The summed E-state index contributed by atoms with van der Waals surface area (Å²) in [4.78, 5) is 24.6. The molecule has 0 heterocycles. The van der Waals surface area contributed by atoms with Crippen LogP contribution in [0.25, 0.3) is 0 Å². The second-order valence-electron chi connectivity index (χ2n) is 5.83. The van der Waals surface area contributed by atoms with Gasteiger partial charge in [-0.2, -0.15) is 0 Å². The SMILES string of the molecule is O=C(Nc1ccccc1)c1cccc(CNC(=O)c2cc(Br)ccc2F)c1. The van der Waals surface area contributed by atoms with Gasteiger partial charge in [0.15, 0.2) is 0 Å². The van der Waals surface area contributed by atoms with E-state index < -0.39 is 11.7 Å². The highest BCUT2D eigenvalue weighted by Gasteiger charge is 2.12. The third-order valence-electron chi connectivity index (χ3n) is 3.85. The van der Waals surface area contributed by atoms with Gasteiger partial charge in [-0.15, -0.1) is 0 Å². The van der Waals surface area contributed by atoms with Gasteiger partial charge < -0.3 is 10.6 Å². The average molecular weight is 427 g/mol. The number of halogens is 2. The molecule has 0 saturated carbocycles. The molecule has 2 amide bonds. The molecule has 0 aliphatic carbocycles. The van der Waals surface area contributed by atoms with Crippen LogP contribution in [-0.2, 0) is 6.54 Å². The lowest BCUT2D eigenvalue weighted by Gasteiger charge is -2.09. The first-order valence-corrected chi connectivity index (χ1v) is 9.01. The smallest absolute Gasteiger partial charge is 0.255 e. The quantitative estimate of drug-likeness (QED) is 0.617. The van der Waals surface area contributed by atoms with Crippen molar-refractivity contribution in [2.75, 3.05) is 5.32 Å². The van der Waals surface area contributed by atoms with E-state index in [1.54, 1.807) is 36.4 Å². The first kappa shape index (κ1) is 18.8. The molecule has 6 heteroatoms. The first-order valence-electron chi connectivity index (χ1n) is 8.21. The molecule has 0 aromatic heterocycles. The van der Waals surface area contributed by atoms with Crippen LogP contribution in [0.2, 0.25) is 0 Å². The van der Waals surface area contributed by atoms with E-state index in [1.807, 2.05) is 18.2 Å². The molecule has 0 fully saturated rings. The summed E-state index contributed by atoms with van der Waals surface area (Å²) < 4.78 is 14.4. The topological polar surface area (TPSA) is 58.2 Å². The zero-order valence-corrected chi connectivity index (χ0v) is 15.8. The van der Waals surface area contributed by atoms with Gasteiger partial charge in [0.05, 0.1) is 5.56 Å². The second-order valence-corrected chi connectivity index (χ2v) is 6.74. The van der Waals surface area contributed by atoms with Crippen molar-refractivity contribution < 1.29 is 14.0 Å². The van der Waals surface area contributed by atoms with Crippen LogP contribution in [0.1, 0.15) is 26.3 Å². The maximum atomic E-state index is 13.8. The van der Waals surface area contributed by atoms with Crippen LogP contribution in [0.4, 0.5) is 10.1 Å². The van der Waals surface area contributed by atoms with Crippen LogP contribution in [-0.4, -0.2) is 11.8 Å². The number of hydrogen-bond donors (Lipinski definition) is 2. The fraction of sp³-hybridized carbons (Fsp3) is 0.0476. The number of carbonyl (C=O) groups is 2. The summed E-state index contributed by atoms with van der Waals surface area (Å²) in [7, 11) is 0. The Balaban J connectivity index is 1.66. The van der Waals surface area contributed by atoms with E-state index in [0.29, 0.717) is 15.7 Å². The van der Waals surface area contributed by atoms with Crippen LogP contribution in [0.15, 0.2) is 77.3 Å². The third kappa shape index (κ3) is 5.01. The van der Waals surface area contributed by atoms with Crippen molar-refractivity contribution in [1.82, 2.24) is 5.32 Å². The van der Waals surface area contributed by atoms with Gasteiger partial charge >= 0.3 is 0 Å². The molecule has 0 spiro atoms. The van der Waals surface area contributed by atoms with Gasteiger partial charge in [-0.05, 0) is 48.0 Å². The van der Waals surface area contributed by atoms with Crippen LogP contribution in [0.5, 0.6) is 0 Å². The third-order valence-corrected chi connectivity index (χ3v) is 4.34. The average Bonchev–Trinajstić information content (AvgIpc) is 2.69. The van der Waals surface area contributed by atoms with Gasteiger partial charge in [0.2, 0.25) is 0 Å². The van der Waals surface area contributed by atoms with E-state index in [-0.39, 0.29) is 18.0 Å². The number of carbonyl (C=O) groups excluding carboxylic acids is 2. The fourth-order valence-electron chi connectivity index (χ4n) is 2.50. The zero-order valence-electron chi connectivity index (χ0n) is 14.2. The molecule has 0 aliphatic heterocycles. The maximum Gasteiger partial charge on any atom is 0.255 e. The largest absolute Gasteiger partial charge is 0.348 e. The minimum atomic E-state index is -0.591. The van der Waals surface area contributed by atoms with E-state index in [9.17, 15) is 14.0 Å². The number of hydrogen-bond acceptors (Lipinski definition) is 2. The predicted octanol–water partition coefficient (Wildman–Crippen LogP) is 4.77. The summed E-state index contributed by atoms with van der Waals surface area (Å²) in [5.41, 5.74) is 1.87. The Kier molecular flexibility index (Phi) is 5.98. The molecule has 0 unspecified atom stereocenters. The summed E-state index contributed by atoms with van der Waals surface area (Å²) >= 11 is 3.22. The van der Waals surface area contributed by atoms with E-state index in [2.05, 4.69) is 26.6 Å². The fourth-order valence-corrected chi connectivity index (χ4v) is 2.86. The molecule has 136 valence electrons. The molecule has 0 aliphatic rings. The van der Waals surface area contributed by atoms with Crippen molar-refractivity contribution in [3.63, 3.8) is 0 Å². The maximum absolute atomic E-state index is 13.8. The number of rotatable bonds is 5. The Bertz CT molecular complexity index is 977. The Hall–Kier alpha value is -2.99. The molecule has 0 saturated heterocycles. The van der Waals surface area contributed by atoms with E-state index in [1.165, 1.54) is 18.2 Å². The summed E-state index contributed by atoms with van der Waals surface area (Å²) in [5.74, 6) is -1.35. The minimum Gasteiger partial charge on any atom is -0.348 e. The lowest BCUT2D eigenvalue weighted by molar-refractivity contribution is 0.0946. The number of nitrogens with one attached hydrogen (secondary N) is 2.